The van der Waals surface area contributed by atoms with Crippen LogP contribution in [0.3, 0.4) is 0 Å². The average molecular weight is 247 g/mol. The highest BCUT2D eigenvalue weighted by Crippen LogP contribution is 2.39. The van der Waals surface area contributed by atoms with E-state index in [1.807, 2.05) is 4.57 Å². The Kier molecular flexibility index (Phi) is 1.93. The van der Waals surface area contributed by atoms with Crippen LogP contribution in [0.15, 0.2) is 12.7 Å². The molecule has 2 saturated heterocycles. The number of fused-ring (bicyclic) bond motifs is 3. The second-order valence-corrected chi connectivity index (χ2v) is 4.77. The normalized spacial score (nSPS) is 31.0. The first-order chi connectivity index (χ1) is 8.78. The lowest BCUT2D eigenvalue weighted by atomic mass is 10.0. The van der Waals surface area contributed by atoms with Crippen molar-refractivity contribution < 1.29 is 9.47 Å². The molecule has 2 atom stereocenters. The fourth-order valence-electron chi connectivity index (χ4n) is 2.78. The first-order valence-corrected chi connectivity index (χ1v) is 5.98. The van der Waals surface area contributed by atoms with Gasteiger partial charge in [-0.15, -0.1) is 0 Å². The third-order valence-electron chi connectivity index (χ3n) is 3.70. The highest BCUT2D eigenvalue weighted by Gasteiger charge is 2.47. The summed E-state index contributed by atoms with van der Waals surface area (Å²) in [6.07, 6.45) is 5.22. The predicted octanol–water partition coefficient (Wildman–Crippen LogP) is 0.270. The van der Waals surface area contributed by atoms with Crippen LogP contribution in [-0.4, -0.2) is 38.8 Å². The number of nitrogens with two attached hydrogens (primary N) is 1. The number of nitrogens with zero attached hydrogens (tertiary/aromatic N) is 4. The minimum atomic E-state index is -0.474. The van der Waals surface area contributed by atoms with Crippen LogP contribution in [0.2, 0.25) is 0 Å². The third-order valence-corrected chi connectivity index (χ3v) is 3.70. The van der Waals surface area contributed by atoms with Gasteiger partial charge in [0.2, 0.25) is 0 Å². The number of nitrogen functional groups attached to an aromatic ring is 1. The first-order valence-electron chi connectivity index (χ1n) is 5.98. The molecule has 2 unspecified atom stereocenters. The number of hydrogen-bond acceptors (Lipinski definition) is 6. The van der Waals surface area contributed by atoms with E-state index in [4.69, 9.17) is 15.2 Å². The molecule has 94 valence electrons. The van der Waals surface area contributed by atoms with Gasteiger partial charge in [-0.2, -0.15) is 0 Å². The van der Waals surface area contributed by atoms with Crippen molar-refractivity contribution >= 4 is 17.0 Å². The highest BCUT2D eigenvalue weighted by atomic mass is 16.6. The summed E-state index contributed by atoms with van der Waals surface area (Å²) in [4.78, 5) is 12.5. The smallest absolute Gasteiger partial charge is 0.173 e. The Balaban J connectivity index is 1.90. The summed E-state index contributed by atoms with van der Waals surface area (Å²) in [6, 6.07) is 0. The standard InChI is InChI=1S/C11H13N5O2/c12-9-8-10(14-5-13-9)16(6-15-8)11-3-7(17-4-11)1-2-18-11/h5-7H,1-4H2,(H2,12,13,14). The van der Waals surface area contributed by atoms with E-state index >= 15 is 0 Å². The lowest BCUT2D eigenvalue weighted by molar-refractivity contribution is -0.109. The molecule has 18 heavy (non-hydrogen) atoms. The van der Waals surface area contributed by atoms with Crippen molar-refractivity contribution in [1.29, 1.82) is 0 Å². The molecule has 2 bridgehead atoms. The number of aromatic nitrogens is 4. The van der Waals surface area contributed by atoms with Crippen LogP contribution in [-0.2, 0) is 15.2 Å². The van der Waals surface area contributed by atoms with Gasteiger partial charge >= 0.3 is 0 Å². The number of anilines is 1. The van der Waals surface area contributed by atoms with Gasteiger partial charge in [-0.3, -0.25) is 4.57 Å². The molecule has 7 nitrogen and oxygen atoms in total. The van der Waals surface area contributed by atoms with Crippen LogP contribution in [0.25, 0.3) is 11.2 Å². The summed E-state index contributed by atoms with van der Waals surface area (Å²) < 4.78 is 13.6. The van der Waals surface area contributed by atoms with E-state index in [1.165, 1.54) is 6.33 Å². The zero-order valence-electron chi connectivity index (χ0n) is 9.74. The van der Waals surface area contributed by atoms with Gasteiger partial charge in [-0.05, 0) is 6.42 Å². The van der Waals surface area contributed by atoms with Crippen molar-refractivity contribution in [1.82, 2.24) is 19.5 Å². The molecule has 0 radical (unpaired) electrons. The summed E-state index contributed by atoms with van der Waals surface area (Å²) in [6.45, 7) is 1.23. The molecule has 0 saturated carbocycles. The van der Waals surface area contributed by atoms with Gasteiger partial charge in [0.05, 0.1) is 25.6 Å². The van der Waals surface area contributed by atoms with Crippen LogP contribution < -0.4 is 5.73 Å². The Morgan fingerprint density at radius 3 is 3.28 bits per heavy atom. The van der Waals surface area contributed by atoms with Crippen LogP contribution in [0, 0.1) is 0 Å². The maximum absolute atomic E-state index is 5.95. The van der Waals surface area contributed by atoms with Crippen molar-refractivity contribution in [2.75, 3.05) is 18.9 Å². The second kappa shape index (κ2) is 3.39. The molecule has 2 fully saturated rings. The van der Waals surface area contributed by atoms with Gasteiger partial charge < -0.3 is 15.2 Å². The molecular formula is C11H13N5O2. The van der Waals surface area contributed by atoms with Gasteiger partial charge in [0.1, 0.15) is 11.8 Å². The summed E-state index contributed by atoms with van der Waals surface area (Å²) in [5, 5.41) is 0. The summed E-state index contributed by atoms with van der Waals surface area (Å²) in [7, 11) is 0. The van der Waals surface area contributed by atoms with Crippen molar-refractivity contribution in [3.05, 3.63) is 12.7 Å². The molecule has 7 heteroatoms. The van der Waals surface area contributed by atoms with Gasteiger partial charge in [0.25, 0.3) is 0 Å². The lowest BCUT2D eigenvalue weighted by Crippen LogP contribution is -2.40. The Labute approximate surface area is 103 Å². The molecule has 0 aromatic carbocycles. The van der Waals surface area contributed by atoms with E-state index < -0.39 is 5.72 Å². The quantitative estimate of drug-likeness (QED) is 0.778. The van der Waals surface area contributed by atoms with Crippen molar-refractivity contribution in [2.24, 2.45) is 0 Å². The maximum atomic E-state index is 5.95. The fourth-order valence-corrected chi connectivity index (χ4v) is 2.78. The Hall–Kier alpha value is -1.73. The lowest BCUT2D eigenvalue weighted by Gasteiger charge is -2.32. The number of ether oxygens (including phenoxy) is 2. The Bertz CT molecular complexity index is 608. The van der Waals surface area contributed by atoms with E-state index in [0.29, 0.717) is 30.2 Å². The van der Waals surface area contributed by atoms with Crippen LogP contribution in [0.5, 0.6) is 0 Å². The first kappa shape index (κ1) is 10.2. The molecule has 4 heterocycles. The molecule has 2 N–H and O–H groups in total. The molecule has 2 aliphatic heterocycles. The summed E-state index contributed by atoms with van der Waals surface area (Å²) in [5.41, 5.74) is 6.64. The molecular weight excluding hydrogens is 234 g/mol. The molecule has 0 amide bonds. The fraction of sp³-hybridized carbons (Fsp3) is 0.545. The predicted molar refractivity (Wildman–Crippen MR) is 62.6 cm³/mol. The SMILES string of the molecule is Nc1ncnc2c1ncn2C12COC(CCO1)C2. The molecule has 0 aliphatic carbocycles. The topological polar surface area (TPSA) is 88.1 Å². The van der Waals surface area contributed by atoms with Crippen molar-refractivity contribution in [3.63, 3.8) is 0 Å². The number of imidazole rings is 1. The van der Waals surface area contributed by atoms with E-state index in [1.54, 1.807) is 6.33 Å². The molecule has 0 spiro atoms. The largest absolute Gasteiger partial charge is 0.382 e. The molecule has 2 aliphatic rings. The minimum absolute atomic E-state index is 0.274. The van der Waals surface area contributed by atoms with E-state index in [-0.39, 0.29) is 6.10 Å². The van der Waals surface area contributed by atoms with Gasteiger partial charge in [-0.1, -0.05) is 0 Å². The monoisotopic (exact) mass is 247 g/mol. The Morgan fingerprint density at radius 2 is 2.33 bits per heavy atom. The average Bonchev–Trinajstić information content (AvgIpc) is 2.93. The number of rotatable bonds is 1. The Morgan fingerprint density at radius 1 is 1.39 bits per heavy atom. The van der Waals surface area contributed by atoms with Crippen LogP contribution in [0.1, 0.15) is 12.8 Å². The van der Waals surface area contributed by atoms with Crippen molar-refractivity contribution in [2.45, 2.75) is 24.7 Å². The van der Waals surface area contributed by atoms with E-state index in [0.717, 1.165) is 12.8 Å². The number of hydrogen-bond donors (Lipinski definition) is 1. The summed E-state index contributed by atoms with van der Waals surface area (Å²) in [5.74, 6) is 0.390. The zero-order chi connectivity index (χ0) is 12.2. The van der Waals surface area contributed by atoms with Crippen molar-refractivity contribution in [3.8, 4) is 0 Å². The van der Waals surface area contributed by atoms with Crippen LogP contribution >= 0.6 is 0 Å². The maximum Gasteiger partial charge on any atom is 0.173 e. The molecule has 2 aromatic heterocycles. The molecule has 4 rings (SSSR count). The second-order valence-electron chi connectivity index (χ2n) is 4.77. The van der Waals surface area contributed by atoms with Gasteiger partial charge in [-0.25, -0.2) is 15.0 Å². The minimum Gasteiger partial charge on any atom is -0.382 e. The van der Waals surface area contributed by atoms with Gasteiger partial charge in [0, 0.05) is 6.42 Å². The van der Waals surface area contributed by atoms with E-state index in [2.05, 4.69) is 15.0 Å². The highest BCUT2D eigenvalue weighted by molar-refractivity contribution is 5.81. The van der Waals surface area contributed by atoms with Gasteiger partial charge in [0.15, 0.2) is 17.2 Å². The van der Waals surface area contributed by atoms with Crippen LogP contribution in [0.4, 0.5) is 5.82 Å². The summed E-state index contributed by atoms with van der Waals surface area (Å²) >= 11 is 0. The van der Waals surface area contributed by atoms with E-state index in [9.17, 15) is 0 Å². The molecule has 2 aromatic rings. The zero-order valence-corrected chi connectivity index (χ0v) is 9.74. The third kappa shape index (κ3) is 1.23.